The van der Waals surface area contributed by atoms with Gasteiger partial charge in [0.05, 0.1) is 22.7 Å². The van der Waals surface area contributed by atoms with E-state index in [4.69, 9.17) is 0 Å². The van der Waals surface area contributed by atoms with E-state index in [-0.39, 0.29) is 0 Å². The second-order valence-electron chi connectivity index (χ2n) is 17.8. The lowest BCUT2D eigenvalue weighted by Gasteiger charge is -2.31. The molecule has 0 saturated carbocycles. The monoisotopic (exact) mass is 868 g/mol. The Morgan fingerprint density at radius 3 is 0.985 bits per heavy atom. The average molecular weight is 869 g/mol. The molecule has 0 unspecified atom stereocenters. The topological polar surface area (TPSA) is 6.48 Å². The third kappa shape index (κ3) is 7.15. The van der Waals surface area contributed by atoms with Gasteiger partial charge in [0.1, 0.15) is 0 Å². The Morgan fingerprint density at radius 1 is 0.235 bits per heavy atom. The lowest BCUT2D eigenvalue weighted by Crippen LogP contribution is -2.13. The lowest BCUT2D eigenvalue weighted by molar-refractivity contribution is 1.27. The number of anilines is 6. The van der Waals surface area contributed by atoms with E-state index in [0.29, 0.717) is 0 Å². The van der Waals surface area contributed by atoms with Gasteiger partial charge >= 0.3 is 0 Å². The van der Waals surface area contributed by atoms with Crippen molar-refractivity contribution in [2.75, 3.05) is 9.80 Å². The van der Waals surface area contributed by atoms with Gasteiger partial charge in [0.15, 0.2) is 0 Å². The van der Waals surface area contributed by atoms with Gasteiger partial charge in [-0.1, -0.05) is 206 Å². The van der Waals surface area contributed by atoms with Gasteiger partial charge in [-0.25, -0.2) is 0 Å². The molecule has 0 N–H and O–H groups in total. The molecule has 322 valence electrons. The van der Waals surface area contributed by atoms with Crippen molar-refractivity contribution >= 4 is 77.2 Å². The van der Waals surface area contributed by atoms with Crippen LogP contribution in [0, 0.1) is 13.8 Å². The minimum Gasteiger partial charge on any atom is -0.309 e. The zero-order valence-electron chi connectivity index (χ0n) is 38.1. The fourth-order valence-corrected chi connectivity index (χ4v) is 10.5. The Bertz CT molecular complexity index is 3580. The molecule has 0 heterocycles. The Morgan fingerprint density at radius 2 is 0.574 bits per heavy atom. The zero-order valence-corrected chi connectivity index (χ0v) is 38.1. The molecule has 0 aromatic heterocycles. The molecule has 0 aliphatic heterocycles. The van der Waals surface area contributed by atoms with Crippen molar-refractivity contribution in [1.82, 2.24) is 0 Å². The van der Waals surface area contributed by atoms with Crippen LogP contribution in [0.15, 0.2) is 255 Å². The van der Waals surface area contributed by atoms with Crippen molar-refractivity contribution in [3.05, 3.63) is 266 Å². The summed E-state index contributed by atoms with van der Waals surface area (Å²) in [4.78, 5) is 4.94. The molecule has 12 aromatic rings. The highest BCUT2D eigenvalue weighted by molar-refractivity contribution is 6.16. The van der Waals surface area contributed by atoms with E-state index in [1.807, 2.05) is 0 Å². The molecular formula is C66H48N2. The first kappa shape index (κ1) is 40.8. The van der Waals surface area contributed by atoms with E-state index < -0.39 is 0 Å². The Balaban J connectivity index is 1.02. The van der Waals surface area contributed by atoms with Crippen molar-refractivity contribution in [2.45, 2.75) is 13.8 Å². The summed E-state index contributed by atoms with van der Waals surface area (Å²) in [6.45, 7) is 4.52. The minimum atomic E-state index is 1.11. The predicted molar refractivity (Wildman–Crippen MR) is 292 cm³/mol. The van der Waals surface area contributed by atoms with Gasteiger partial charge in [0, 0.05) is 33.3 Å². The fraction of sp³-hybridized carbons (Fsp3) is 0.0303. The number of fused-ring (bicyclic) bond motifs is 6. The van der Waals surface area contributed by atoms with Crippen LogP contribution >= 0.6 is 0 Å². The highest BCUT2D eigenvalue weighted by atomic mass is 15.2. The van der Waals surface area contributed by atoms with Crippen LogP contribution in [-0.4, -0.2) is 0 Å². The normalized spacial score (nSPS) is 11.4. The Hall–Kier alpha value is -8.72. The zero-order chi connectivity index (χ0) is 45.6. The molecule has 0 amide bonds. The molecule has 2 heteroatoms. The summed E-state index contributed by atoms with van der Waals surface area (Å²) in [5, 5.41) is 9.83. The van der Waals surface area contributed by atoms with Gasteiger partial charge in [-0.3, -0.25) is 0 Å². The second-order valence-corrected chi connectivity index (χ2v) is 17.8. The predicted octanol–water partition coefficient (Wildman–Crippen LogP) is 18.9. The molecular weight excluding hydrogens is 821 g/mol. The molecule has 0 spiro atoms. The first-order valence-electron chi connectivity index (χ1n) is 23.5. The fourth-order valence-electron chi connectivity index (χ4n) is 10.5. The van der Waals surface area contributed by atoms with Crippen molar-refractivity contribution in [3.63, 3.8) is 0 Å². The number of rotatable bonds is 9. The van der Waals surface area contributed by atoms with Crippen LogP contribution < -0.4 is 9.80 Å². The molecule has 0 radical (unpaired) electrons. The summed E-state index contributed by atoms with van der Waals surface area (Å²) in [5.41, 5.74) is 16.3. The van der Waals surface area contributed by atoms with Crippen LogP contribution in [0.1, 0.15) is 11.1 Å². The number of nitrogens with zero attached hydrogens (tertiary/aromatic N) is 2. The van der Waals surface area contributed by atoms with Crippen LogP contribution in [0.2, 0.25) is 0 Å². The lowest BCUT2D eigenvalue weighted by atomic mass is 9.93. The van der Waals surface area contributed by atoms with Crippen molar-refractivity contribution in [3.8, 4) is 33.4 Å². The van der Waals surface area contributed by atoms with Gasteiger partial charge in [-0.15, -0.1) is 0 Å². The Labute approximate surface area is 398 Å². The number of hydrogen-bond donors (Lipinski definition) is 0. The van der Waals surface area contributed by atoms with E-state index in [9.17, 15) is 0 Å². The van der Waals surface area contributed by atoms with Gasteiger partial charge < -0.3 is 9.80 Å². The summed E-state index contributed by atoms with van der Waals surface area (Å²) < 4.78 is 0. The molecule has 12 aromatic carbocycles. The van der Waals surface area contributed by atoms with E-state index in [1.165, 1.54) is 87.6 Å². The average Bonchev–Trinajstić information content (AvgIpc) is 3.40. The largest absolute Gasteiger partial charge is 0.309 e. The van der Waals surface area contributed by atoms with Crippen molar-refractivity contribution in [1.29, 1.82) is 0 Å². The molecule has 68 heavy (non-hydrogen) atoms. The highest BCUT2D eigenvalue weighted by Crippen LogP contribution is 2.48. The van der Waals surface area contributed by atoms with E-state index in [2.05, 4.69) is 278 Å². The number of para-hydroxylation sites is 2. The minimum absolute atomic E-state index is 1.11. The summed E-state index contributed by atoms with van der Waals surface area (Å²) >= 11 is 0. The summed E-state index contributed by atoms with van der Waals surface area (Å²) in [6, 6.07) is 93.1. The van der Waals surface area contributed by atoms with Crippen molar-refractivity contribution < 1.29 is 0 Å². The van der Waals surface area contributed by atoms with Gasteiger partial charge in [0.25, 0.3) is 0 Å². The molecule has 0 aliphatic carbocycles. The smallest absolute Gasteiger partial charge is 0.0546 e. The molecule has 0 fully saturated rings. The molecule has 12 rings (SSSR count). The van der Waals surface area contributed by atoms with E-state index in [1.54, 1.807) is 0 Å². The third-order valence-electron chi connectivity index (χ3n) is 13.7. The quantitative estimate of drug-likeness (QED) is 0.133. The maximum absolute atomic E-state index is 2.47. The molecule has 0 aliphatic rings. The van der Waals surface area contributed by atoms with Crippen LogP contribution in [0.4, 0.5) is 34.1 Å². The molecule has 0 atom stereocenters. The summed E-state index contributed by atoms with van der Waals surface area (Å²) in [6.07, 6.45) is 0. The maximum Gasteiger partial charge on any atom is 0.0546 e. The van der Waals surface area contributed by atoms with Crippen LogP contribution in [0.3, 0.4) is 0 Å². The Kier molecular flexibility index (Phi) is 10.3. The number of hydrogen-bond acceptors (Lipinski definition) is 2. The first-order valence-corrected chi connectivity index (χ1v) is 23.5. The van der Waals surface area contributed by atoms with E-state index in [0.717, 1.165) is 34.1 Å². The van der Waals surface area contributed by atoms with Gasteiger partial charge in [0.2, 0.25) is 0 Å². The van der Waals surface area contributed by atoms with Gasteiger partial charge in [-0.05, 0) is 128 Å². The van der Waals surface area contributed by atoms with Gasteiger partial charge in [-0.2, -0.15) is 0 Å². The SMILES string of the molecule is Cc1cc(N(c2ccccc2-c2ccccc2)c2cc3ccccc3c3ccccc23)ccc1-c1ccc(N(c2ccccc2-c2ccccc2)c2cc3ccccc3c3ccccc23)cc1C. The van der Waals surface area contributed by atoms with E-state index >= 15 is 0 Å². The van der Waals surface area contributed by atoms with Crippen molar-refractivity contribution in [2.24, 2.45) is 0 Å². The standard InChI is InChI=1S/C66H48N2/c1-45-41-51(67(63-35-19-17-29-57(63)47-21-5-3-6-22-47)65-43-49-25-9-11-27-55(49)59-31-13-15-33-61(59)65)37-39-53(45)54-40-38-52(42-46(54)2)68(64-36-20-18-30-58(64)48-23-7-4-8-24-48)66-44-50-26-10-12-28-56(50)60-32-14-16-34-62(60)66/h3-44H,1-2H3. The molecule has 0 bridgehead atoms. The third-order valence-corrected chi connectivity index (χ3v) is 13.7. The molecule has 0 saturated heterocycles. The number of aryl methyl sites for hydroxylation is 2. The number of benzene rings is 12. The summed E-state index contributed by atoms with van der Waals surface area (Å²) in [7, 11) is 0. The molecule has 2 nitrogen and oxygen atoms in total. The maximum atomic E-state index is 2.47. The van der Waals surface area contributed by atoms with Crippen LogP contribution in [-0.2, 0) is 0 Å². The van der Waals surface area contributed by atoms with Crippen LogP contribution in [0.5, 0.6) is 0 Å². The highest BCUT2D eigenvalue weighted by Gasteiger charge is 2.24. The first-order chi connectivity index (χ1) is 33.6. The summed E-state index contributed by atoms with van der Waals surface area (Å²) in [5.74, 6) is 0. The second kappa shape index (κ2) is 17.3. The van der Waals surface area contributed by atoms with Crippen LogP contribution in [0.25, 0.3) is 76.5 Å².